The molecule has 1 fully saturated rings. The van der Waals surface area contributed by atoms with E-state index in [2.05, 4.69) is 19.2 Å². The van der Waals surface area contributed by atoms with E-state index in [1.807, 2.05) is 13.0 Å². The van der Waals surface area contributed by atoms with Crippen LogP contribution in [0.5, 0.6) is 0 Å². The van der Waals surface area contributed by atoms with Gasteiger partial charge in [-0.3, -0.25) is 4.79 Å². The van der Waals surface area contributed by atoms with Crippen LogP contribution in [0.15, 0.2) is 35.9 Å². The summed E-state index contributed by atoms with van der Waals surface area (Å²) < 4.78 is 24.9. The average Bonchev–Trinajstić information content (AvgIpc) is 2.67. The van der Waals surface area contributed by atoms with Crippen molar-refractivity contribution >= 4 is 17.6 Å². The summed E-state index contributed by atoms with van der Waals surface area (Å²) in [6.07, 6.45) is 3.20. The minimum Gasteiger partial charge on any atom is -0.458 e. The third-order valence-corrected chi connectivity index (χ3v) is 5.99. The first-order valence-electron chi connectivity index (χ1n) is 11.1. The minimum absolute atomic E-state index is 0.0114. The molecule has 0 saturated carbocycles. The van der Waals surface area contributed by atoms with Crippen LogP contribution in [-0.2, 0) is 14.3 Å². The average molecular weight is 446 g/mol. The van der Waals surface area contributed by atoms with Crippen LogP contribution in [0.1, 0.15) is 57.6 Å². The monoisotopic (exact) mass is 445 g/mol. The Balaban J connectivity index is 1.98. The Bertz CT molecular complexity index is 936. The van der Waals surface area contributed by atoms with E-state index in [0.29, 0.717) is 31.4 Å². The van der Waals surface area contributed by atoms with Crippen molar-refractivity contribution in [1.29, 1.82) is 0 Å². The molecule has 1 aromatic carbocycles. The standard InChI is InChI=1S/C25H32FNO5/c1-5-27-24(30)32-19-13-20(16-6-9-22(26)15(2)10-16)21(25(3,4)14-19)8-7-18-11-17(28)12-23(29)31-18/h6-10,17-19,28H,5,11-14H2,1-4H3,(H,27,30)/b8-7+/t17-,18-,19+/m1/s1. The molecule has 1 aliphatic carbocycles. The molecule has 1 aliphatic heterocycles. The SMILES string of the molecule is CCNC(=O)O[C@H]1CC(c2ccc(F)c(C)c2)=C(/C=C/[C@@H]2C[C@@H](O)CC(=O)O2)C(C)(C)C1. The van der Waals surface area contributed by atoms with Crippen molar-refractivity contribution < 1.29 is 28.6 Å². The molecule has 2 aliphatic rings. The lowest BCUT2D eigenvalue weighted by molar-refractivity contribution is -0.156. The zero-order valence-corrected chi connectivity index (χ0v) is 19.1. The van der Waals surface area contributed by atoms with Crippen molar-refractivity contribution in [2.75, 3.05) is 6.54 Å². The van der Waals surface area contributed by atoms with Gasteiger partial charge in [0, 0.05) is 19.4 Å². The number of rotatable bonds is 5. The molecule has 174 valence electrons. The van der Waals surface area contributed by atoms with E-state index >= 15 is 0 Å². The van der Waals surface area contributed by atoms with Crippen molar-refractivity contribution in [3.05, 3.63) is 52.9 Å². The molecule has 0 bridgehead atoms. The maximum absolute atomic E-state index is 13.9. The number of aliphatic hydroxyl groups excluding tert-OH is 1. The summed E-state index contributed by atoms with van der Waals surface area (Å²) >= 11 is 0. The maximum Gasteiger partial charge on any atom is 0.407 e. The largest absolute Gasteiger partial charge is 0.458 e. The number of carbonyl (C=O) groups is 2. The first-order chi connectivity index (χ1) is 15.1. The molecule has 32 heavy (non-hydrogen) atoms. The van der Waals surface area contributed by atoms with E-state index in [9.17, 15) is 19.1 Å². The van der Waals surface area contributed by atoms with Gasteiger partial charge >= 0.3 is 12.1 Å². The molecular weight excluding hydrogens is 413 g/mol. The van der Waals surface area contributed by atoms with Crippen LogP contribution in [0.3, 0.4) is 0 Å². The topological polar surface area (TPSA) is 84.9 Å². The summed E-state index contributed by atoms with van der Waals surface area (Å²) in [5, 5.41) is 12.6. The van der Waals surface area contributed by atoms with Crippen molar-refractivity contribution in [3.63, 3.8) is 0 Å². The summed E-state index contributed by atoms with van der Waals surface area (Å²) in [5.41, 5.74) is 3.00. The predicted octanol–water partition coefficient (Wildman–Crippen LogP) is 4.45. The fourth-order valence-corrected chi connectivity index (χ4v) is 4.48. The van der Waals surface area contributed by atoms with Gasteiger partial charge in [-0.1, -0.05) is 26.0 Å². The number of allylic oxidation sites excluding steroid dienone is 2. The van der Waals surface area contributed by atoms with Gasteiger partial charge in [0.1, 0.15) is 18.0 Å². The zero-order chi connectivity index (χ0) is 23.5. The molecule has 1 amide bonds. The van der Waals surface area contributed by atoms with Crippen LogP contribution >= 0.6 is 0 Å². The van der Waals surface area contributed by atoms with Crippen LogP contribution < -0.4 is 5.32 Å². The van der Waals surface area contributed by atoms with Crippen LogP contribution in [-0.4, -0.2) is 42.0 Å². The number of aliphatic hydroxyl groups is 1. The number of benzene rings is 1. The fraction of sp³-hybridized carbons (Fsp3) is 0.520. The third kappa shape index (κ3) is 5.76. The fourth-order valence-electron chi connectivity index (χ4n) is 4.48. The lowest BCUT2D eigenvalue weighted by Gasteiger charge is -2.38. The molecule has 1 aromatic rings. The highest BCUT2D eigenvalue weighted by atomic mass is 19.1. The first-order valence-corrected chi connectivity index (χ1v) is 11.1. The van der Waals surface area contributed by atoms with Gasteiger partial charge in [0.2, 0.25) is 0 Å². The van der Waals surface area contributed by atoms with Gasteiger partial charge in [0.25, 0.3) is 0 Å². The molecule has 2 N–H and O–H groups in total. The molecule has 3 atom stereocenters. The number of aryl methyl sites for hydroxylation is 1. The van der Waals surface area contributed by atoms with Crippen molar-refractivity contribution in [2.24, 2.45) is 5.41 Å². The molecular formula is C25H32FNO5. The second kappa shape index (κ2) is 9.86. The molecule has 0 spiro atoms. The van der Waals surface area contributed by atoms with Crippen molar-refractivity contribution in [2.45, 2.75) is 71.7 Å². The van der Waals surface area contributed by atoms with Crippen LogP contribution in [0.25, 0.3) is 5.57 Å². The Labute approximate surface area is 188 Å². The second-order valence-electron chi connectivity index (χ2n) is 9.19. The highest BCUT2D eigenvalue weighted by Crippen LogP contribution is 2.46. The number of alkyl carbamates (subject to hydrolysis) is 1. The van der Waals surface area contributed by atoms with Crippen LogP contribution in [0.4, 0.5) is 9.18 Å². The Hall–Kier alpha value is -2.67. The van der Waals surface area contributed by atoms with E-state index in [1.165, 1.54) is 6.07 Å². The summed E-state index contributed by atoms with van der Waals surface area (Å²) in [4.78, 5) is 23.8. The number of cyclic esters (lactones) is 1. The molecule has 1 heterocycles. The van der Waals surface area contributed by atoms with Gasteiger partial charge in [-0.2, -0.15) is 0 Å². The molecule has 3 rings (SSSR count). The predicted molar refractivity (Wildman–Crippen MR) is 119 cm³/mol. The molecule has 0 aromatic heterocycles. The van der Waals surface area contributed by atoms with Gasteiger partial charge in [-0.25, -0.2) is 9.18 Å². The number of nitrogens with one attached hydrogen (secondary N) is 1. The number of carbonyl (C=O) groups excluding carboxylic acids is 2. The van der Waals surface area contributed by atoms with Gasteiger partial charge in [-0.15, -0.1) is 0 Å². The molecule has 1 saturated heterocycles. The number of halogens is 1. The van der Waals surface area contributed by atoms with Gasteiger partial charge in [0.05, 0.1) is 12.5 Å². The first kappa shape index (κ1) is 24.0. The highest BCUT2D eigenvalue weighted by Gasteiger charge is 2.36. The minimum atomic E-state index is -0.715. The summed E-state index contributed by atoms with van der Waals surface area (Å²) in [6, 6.07) is 4.98. The number of hydrogen-bond donors (Lipinski definition) is 2. The Morgan fingerprint density at radius 3 is 2.78 bits per heavy atom. The maximum atomic E-state index is 13.9. The number of ether oxygens (including phenoxy) is 2. The van der Waals surface area contributed by atoms with E-state index in [1.54, 1.807) is 25.1 Å². The highest BCUT2D eigenvalue weighted by molar-refractivity contribution is 5.75. The summed E-state index contributed by atoms with van der Waals surface area (Å²) in [7, 11) is 0. The number of hydrogen-bond acceptors (Lipinski definition) is 5. The molecule has 7 heteroatoms. The summed E-state index contributed by atoms with van der Waals surface area (Å²) in [6.45, 7) is 8.16. The van der Waals surface area contributed by atoms with Crippen molar-refractivity contribution in [3.8, 4) is 0 Å². The molecule has 6 nitrogen and oxygen atoms in total. The second-order valence-corrected chi connectivity index (χ2v) is 9.19. The van der Waals surface area contributed by atoms with E-state index in [0.717, 1.165) is 16.7 Å². The van der Waals surface area contributed by atoms with Gasteiger partial charge < -0.3 is 19.9 Å². The lowest BCUT2D eigenvalue weighted by atomic mass is 9.69. The van der Waals surface area contributed by atoms with Gasteiger partial charge in [0.15, 0.2) is 0 Å². The van der Waals surface area contributed by atoms with E-state index in [-0.39, 0.29) is 23.8 Å². The number of amides is 1. The van der Waals surface area contributed by atoms with E-state index in [4.69, 9.17) is 9.47 Å². The third-order valence-electron chi connectivity index (χ3n) is 5.99. The van der Waals surface area contributed by atoms with Crippen molar-refractivity contribution in [1.82, 2.24) is 5.32 Å². The Morgan fingerprint density at radius 2 is 2.12 bits per heavy atom. The Morgan fingerprint density at radius 1 is 1.38 bits per heavy atom. The zero-order valence-electron chi connectivity index (χ0n) is 19.1. The van der Waals surface area contributed by atoms with Crippen LogP contribution in [0, 0.1) is 18.2 Å². The van der Waals surface area contributed by atoms with E-state index < -0.39 is 24.3 Å². The quantitative estimate of drug-likeness (QED) is 0.655. The van der Waals surface area contributed by atoms with Gasteiger partial charge in [-0.05, 0) is 66.2 Å². The normalized spacial score (nSPS) is 25.6. The Kier molecular flexibility index (Phi) is 7.39. The smallest absolute Gasteiger partial charge is 0.407 e. The molecule has 0 unspecified atom stereocenters. The molecule has 0 radical (unpaired) electrons. The number of esters is 1. The summed E-state index contributed by atoms with van der Waals surface area (Å²) in [5.74, 6) is -0.695. The lowest BCUT2D eigenvalue weighted by Crippen LogP contribution is -2.35. The van der Waals surface area contributed by atoms with Crippen LogP contribution in [0.2, 0.25) is 0 Å².